The van der Waals surface area contributed by atoms with Gasteiger partial charge in [0.2, 0.25) is 0 Å². The van der Waals surface area contributed by atoms with Crippen molar-refractivity contribution in [3.63, 3.8) is 0 Å². The Labute approximate surface area is 546 Å². The minimum absolute atomic E-state index is 0. The summed E-state index contributed by atoms with van der Waals surface area (Å²) in [6.07, 6.45) is 4.53. The number of amides is 4. The molecule has 15 nitrogen and oxygen atoms in total. The maximum Gasteiger partial charge on any atom is 0.407 e. The van der Waals surface area contributed by atoms with E-state index < -0.39 is 0 Å². The van der Waals surface area contributed by atoms with Crippen molar-refractivity contribution >= 4 is 95.2 Å². The number of halogens is 6. The SMILES string of the molecule is CCNC(=O)OCC1(c2ccccc2)CCN(CCC(CN(C)C(=O)c2ccccc2)c2ccc(Cl)c(Cl)c2)CC1.CCNC(=O)OCC1(c2ccccc2)CCN(CCC(CN(C)C(=O)c2ccccc2)c2ccc(Cl)c(Cl)c2)CC1.Cl.Cl.O.O.O. The first-order chi connectivity index (χ1) is 39.6. The third-order valence-electron chi connectivity index (χ3n) is 16.1. The lowest BCUT2D eigenvalue weighted by molar-refractivity contribution is 0.0720. The number of rotatable bonds is 22. The summed E-state index contributed by atoms with van der Waals surface area (Å²) in [5.74, 6) is 0.162. The number of benzene rings is 6. The number of nitrogens with one attached hydrogen (secondary N) is 2. The van der Waals surface area contributed by atoms with Crippen molar-refractivity contribution in [3.8, 4) is 0 Å². The highest BCUT2D eigenvalue weighted by Gasteiger charge is 2.39. The molecule has 8 N–H and O–H groups in total. The Hall–Kier alpha value is -5.66. The predicted molar refractivity (Wildman–Crippen MR) is 357 cm³/mol. The Morgan fingerprint density at radius 2 is 0.793 bits per heavy atom. The maximum atomic E-state index is 13.1. The van der Waals surface area contributed by atoms with Gasteiger partial charge in [0.05, 0.1) is 20.1 Å². The van der Waals surface area contributed by atoms with Crippen LogP contribution in [0, 0.1) is 0 Å². The highest BCUT2D eigenvalue weighted by atomic mass is 35.5. The first kappa shape index (κ1) is 77.4. The van der Waals surface area contributed by atoms with Gasteiger partial charge in [0.1, 0.15) is 13.2 Å². The van der Waals surface area contributed by atoms with Crippen LogP contribution < -0.4 is 10.6 Å². The van der Waals surface area contributed by atoms with Crippen LogP contribution in [0.5, 0.6) is 0 Å². The highest BCUT2D eigenvalue weighted by molar-refractivity contribution is 6.42. The van der Waals surface area contributed by atoms with Crippen LogP contribution >= 0.6 is 71.2 Å². The van der Waals surface area contributed by atoms with Gasteiger partial charge in [-0.15, -0.1) is 24.8 Å². The summed E-state index contributed by atoms with van der Waals surface area (Å²) in [6.45, 7) is 12.0. The van der Waals surface area contributed by atoms with Crippen LogP contribution in [0.15, 0.2) is 158 Å². The van der Waals surface area contributed by atoms with Crippen LogP contribution in [0.4, 0.5) is 9.59 Å². The van der Waals surface area contributed by atoms with Crippen molar-refractivity contribution in [2.24, 2.45) is 0 Å². The normalized spacial score (nSPS) is 14.7. The van der Waals surface area contributed by atoms with Gasteiger partial charge in [-0.3, -0.25) is 9.59 Å². The van der Waals surface area contributed by atoms with Gasteiger partial charge in [-0.2, -0.15) is 0 Å². The zero-order valence-electron chi connectivity index (χ0n) is 50.0. The van der Waals surface area contributed by atoms with E-state index in [0.717, 1.165) is 88.9 Å². The molecule has 0 aromatic heterocycles. The van der Waals surface area contributed by atoms with Crippen LogP contribution in [0.2, 0.25) is 20.1 Å². The van der Waals surface area contributed by atoms with Crippen molar-refractivity contribution in [1.82, 2.24) is 30.2 Å². The Morgan fingerprint density at radius 3 is 1.09 bits per heavy atom. The van der Waals surface area contributed by atoms with Crippen molar-refractivity contribution < 1.29 is 45.1 Å². The smallest absolute Gasteiger partial charge is 0.407 e. The van der Waals surface area contributed by atoms with E-state index in [0.29, 0.717) is 70.6 Å². The molecule has 2 aliphatic heterocycles. The van der Waals surface area contributed by atoms with Crippen LogP contribution in [0.3, 0.4) is 0 Å². The Morgan fingerprint density at radius 1 is 0.483 bits per heavy atom. The molecule has 87 heavy (non-hydrogen) atoms. The summed E-state index contributed by atoms with van der Waals surface area (Å²) in [7, 11) is 3.70. The van der Waals surface area contributed by atoms with Crippen molar-refractivity contribution in [2.45, 2.75) is 75.0 Å². The van der Waals surface area contributed by atoms with Gasteiger partial charge < -0.3 is 56.1 Å². The topological polar surface area (TPSA) is 218 Å². The number of ether oxygens (including phenoxy) is 2. The lowest BCUT2D eigenvalue weighted by atomic mass is 9.73. The second kappa shape index (κ2) is 38.7. The first-order valence-electron chi connectivity index (χ1n) is 28.5. The third-order valence-corrected chi connectivity index (χ3v) is 17.6. The number of hydrogen-bond acceptors (Lipinski definition) is 8. The van der Waals surface area contributed by atoms with Gasteiger partial charge in [-0.05, 0) is 162 Å². The van der Waals surface area contributed by atoms with E-state index in [1.165, 1.54) is 11.1 Å². The lowest BCUT2D eigenvalue weighted by Crippen LogP contribution is -2.46. The molecule has 2 aliphatic rings. The lowest BCUT2D eigenvalue weighted by Gasteiger charge is -2.42. The van der Waals surface area contributed by atoms with Gasteiger partial charge in [0, 0.05) is 74.1 Å². The Bertz CT molecular complexity index is 2780. The Balaban J connectivity index is 0.000000561. The average molecular weight is 1320 g/mol. The van der Waals surface area contributed by atoms with E-state index >= 15 is 0 Å². The molecule has 476 valence electrons. The summed E-state index contributed by atoms with van der Waals surface area (Å²) < 4.78 is 11.3. The van der Waals surface area contributed by atoms with Crippen LogP contribution in [-0.4, -0.2) is 153 Å². The molecule has 0 spiro atoms. The molecule has 0 aliphatic carbocycles. The molecule has 0 radical (unpaired) electrons. The number of carbonyl (C=O) groups excluding carboxylic acids is 4. The molecule has 4 amide bonds. The molecular formula is C66H86Cl6N6O9. The van der Waals surface area contributed by atoms with Crippen LogP contribution in [0.1, 0.15) is 107 Å². The number of nitrogens with zero attached hydrogens (tertiary/aromatic N) is 4. The van der Waals surface area contributed by atoms with E-state index in [9.17, 15) is 19.2 Å². The first-order valence-corrected chi connectivity index (χ1v) is 30.0. The molecule has 2 fully saturated rings. The number of carbonyl (C=O) groups is 4. The van der Waals surface area contributed by atoms with E-state index in [1.807, 2.05) is 161 Å². The number of hydrogen-bond donors (Lipinski definition) is 2. The van der Waals surface area contributed by atoms with E-state index in [1.54, 1.807) is 9.80 Å². The van der Waals surface area contributed by atoms with Crippen LogP contribution in [0.25, 0.3) is 0 Å². The quantitative estimate of drug-likeness (QED) is 0.0664. The third kappa shape index (κ3) is 22.4. The van der Waals surface area contributed by atoms with Crippen molar-refractivity contribution in [2.75, 3.05) is 92.8 Å². The summed E-state index contributed by atoms with van der Waals surface area (Å²) >= 11 is 25.2. The second-order valence-corrected chi connectivity index (χ2v) is 23.2. The van der Waals surface area contributed by atoms with Gasteiger partial charge in [0.25, 0.3) is 11.8 Å². The predicted octanol–water partition coefficient (Wildman–Crippen LogP) is 12.4. The largest absolute Gasteiger partial charge is 0.449 e. The monoisotopic (exact) mass is 1320 g/mol. The minimum atomic E-state index is -0.371. The van der Waals surface area contributed by atoms with Gasteiger partial charge in [-0.1, -0.05) is 156 Å². The molecule has 2 saturated heterocycles. The number of likely N-dealkylation sites (N-methyl/N-ethyl adjacent to an activating group) is 2. The highest BCUT2D eigenvalue weighted by Crippen LogP contribution is 2.39. The second-order valence-electron chi connectivity index (χ2n) is 21.6. The summed E-state index contributed by atoms with van der Waals surface area (Å²) in [6, 6.07) is 51.0. The number of piperidine rings is 2. The molecular weight excluding hydrogens is 1230 g/mol. The van der Waals surface area contributed by atoms with Crippen molar-refractivity contribution in [1.29, 1.82) is 0 Å². The number of likely N-dealkylation sites (tertiary alicyclic amines) is 2. The molecule has 0 bridgehead atoms. The van der Waals surface area contributed by atoms with E-state index in [4.69, 9.17) is 55.9 Å². The number of alkyl carbamates (subject to hydrolysis) is 2. The summed E-state index contributed by atoms with van der Waals surface area (Å²) in [4.78, 5) is 59.0. The van der Waals surface area contributed by atoms with Gasteiger partial charge in [0.15, 0.2) is 0 Å². The van der Waals surface area contributed by atoms with E-state index in [-0.39, 0.29) is 87.9 Å². The summed E-state index contributed by atoms with van der Waals surface area (Å²) in [5.41, 5.74) is 5.47. The van der Waals surface area contributed by atoms with Crippen LogP contribution in [-0.2, 0) is 20.3 Å². The fourth-order valence-corrected chi connectivity index (χ4v) is 11.8. The molecule has 6 aromatic rings. The standard InChI is InChI=1S/2C33H39Cl2N3O3.2ClH.3H2O/c2*1-3-36-32(40)41-24-33(28-12-8-5-9-13-28)17-20-38(21-18-33)19-16-27(26-14-15-29(34)30(35)22-26)23-37(2)31(39)25-10-6-4-7-11-25;;;;;/h2*4-15,22,27H,3,16-21,23-24H2,1-2H3,(H,36,40);2*1H;3*1H2. The molecule has 2 heterocycles. The Kier molecular flexibility index (Phi) is 34.4. The molecule has 2 unspecified atom stereocenters. The molecule has 6 aromatic carbocycles. The molecule has 2 atom stereocenters. The zero-order chi connectivity index (χ0) is 58.5. The maximum absolute atomic E-state index is 13.1. The van der Waals surface area contributed by atoms with E-state index in [2.05, 4.69) is 44.7 Å². The zero-order valence-corrected chi connectivity index (χ0v) is 54.6. The fraction of sp³-hybridized carbons (Fsp3) is 0.394. The van der Waals surface area contributed by atoms with Crippen molar-refractivity contribution in [3.05, 3.63) is 211 Å². The molecule has 0 saturated carbocycles. The minimum Gasteiger partial charge on any atom is -0.449 e. The molecule has 8 rings (SSSR count). The summed E-state index contributed by atoms with van der Waals surface area (Å²) in [5, 5.41) is 7.54. The fourth-order valence-electron chi connectivity index (χ4n) is 11.2. The molecule has 21 heteroatoms. The van der Waals surface area contributed by atoms with Gasteiger partial charge >= 0.3 is 12.2 Å². The van der Waals surface area contributed by atoms with Gasteiger partial charge in [-0.25, -0.2) is 9.59 Å². The average Bonchev–Trinajstić information content (AvgIpc) is 3.09.